The maximum absolute atomic E-state index is 14.0. The molecule has 1 unspecified atom stereocenters. The van der Waals surface area contributed by atoms with Crippen molar-refractivity contribution in [2.75, 3.05) is 7.11 Å². The lowest BCUT2D eigenvalue weighted by Crippen LogP contribution is -2.14. The summed E-state index contributed by atoms with van der Waals surface area (Å²) in [7, 11) is 1.42. The number of nitrogens with two attached hydrogens (primary N) is 1. The van der Waals surface area contributed by atoms with Crippen LogP contribution in [0, 0.1) is 12.7 Å². The van der Waals surface area contributed by atoms with Gasteiger partial charge in [0, 0.05) is 5.56 Å². The fraction of sp³-hybridized carbons (Fsp3) is 0.231. The van der Waals surface area contributed by atoms with Crippen molar-refractivity contribution in [3.05, 3.63) is 53.2 Å². The van der Waals surface area contributed by atoms with Crippen molar-refractivity contribution in [1.29, 1.82) is 0 Å². The first-order valence-electron chi connectivity index (χ1n) is 5.27. The van der Waals surface area contributed by atoms with Crippen LogP contribution in [0.25, 0.3) is 0 Å². The van der Waals surface area contributed by atoms with Gasteiger partial charge in [0.2, 0.25) is 0 Å². The quantitative estimate of drug-likeness (QED) is 0.889. The molecule has 0 bridgehead atoms. The summed E-state index contributed by atoms with van der Waals surface area (Å²) in [6, 6.07) is 6.06. The topological polar surface area (TPSA) is 48.4 Å². The Morgan fingerprint density at radius 1 is 1.35 bits per heavy atom. The summed E-state index contributed by atoms with van der Waals surface area (Å²) in [5.74, 6) is 0.303. The number of halogens is 1. The van der Waals surface area contributed by atoms with Crippen molar-refractivity contribution in [1.82, 2.24) is 0 Å². The Morgan fingerprint density at radius 2 is 2.12 bits per heavy atom. The zero-order valence-electron chi connectivity index (χ0n) is 9.74. The normalized spacial score (nSPS) is 12.5. The molecule has 2 N–H and O–H groups in total. The second kappa shape index (κ2) is 4.59. The van der Waals surface area contributed by atoms with Crippen LogP contribution in [-0.2, 0) is 0 Å². The Morgan fingerprint density at radius 3 is 2.71 bits per heavy atom. The van der Waals surface area contributed by atoms with Crippen molar-refractivity contribution >= 4 is 0 Å². The molecular formula is C13H14FNO2. The molecule has 0 aliphatic carbocycles. The molecule has 1 aromatic carbocycles. The summed E-state index contributed by atoms with van der Waals surface area (Å²) in [6.45, 7) is 1.87. The largest absolute Gasteiger partial charge is 0.494 e. The maximum Gasteiger partial charge on any atom is 0.170 e. The highest BCUT2D eigenvalue weighted by Crippen LogP contribution is 2.29. The minimum absolute atomic E-state index is 0.183. The predicted octanol–water partition coefficient (Wildman–Crippen LogP) is 2.78. The number of methoxy groups -OCH3 is 1. The van der Waals surface area contributed by atoms with Gasteiger partial charge in [-0.1, -0.05) is 12.1 Å². The van der Waals surface area contributed by atoms with E-state index in [0.717, 1.165) is 5.56 Å². The number of hydrogen-bond acceptors (Lipinski definition) is 3. The Hall–Kier alpha value is -1.81. The van der Waals surface area contributed by atoms with Crippen LogP contribution >= 0.6 is 0 Å². The van der Waals surface area contributed by atoms with Crippen molar-refractivity contribution in [2.24, 2.45) is 5.73 Å². The zero-order valence-corrected chi connectivity index (χ0v) is 9.74. The van der Waals surface area contributed by atoms with Crippen molar-refractivity contribution < 1.29 is 13.5 Å². The van der Waals surface area contributed by atoms with Crippen LogP contribution in [0.4, 0.5) is 4.39 Å². The van der Waals surface area contributed by atoms with Crippen LogP contribution in [0.1, 0.15) is 22.9 Å². The molecule has 0 amide bonds. The maximum atomic E-state index is 14.0. The van der Waals surface area contributed by atoms with Gasteiger partial charge in [-0.2, -0.15) is 0 Å². The molecule has 0 aliphatic rings. The average Bonchev–Trinajstić information content (AvgIpc) is 2.75. The Bertz CT molecular complexity index is 522. The number of aryl methyl sites for hydroxylation is 1. The van der Waals surface area contributed by atoms with Gasteiger partial charge in [-0.25, -0.2) is 4.39 Å². The number of benzene rings is 1. The van der Waals surface area contributed by atoms with Gasteiger partial charge >= 0.3 is 0 Å². The van der Waals surface area contributed by atoms with Crippen molar-refractivity contribution in [3.8, 4) is 5.75 Å². The molecule has 17 heavy (non-hydrogen) atoms. The second-order valence-corrected chi connectivity index (χ2v) is 3.81. The van der Waals surface area contributed by atoms with E-state index in [1.54, 1.807) is 30.5 Å². The molecule has 1 aromatic heterocycles. The SMILES string of the molecule is COc1cccc(C(N)c2occc2C)c1F. The minimum atomic E-state index is -0.625. The van der Waals surface area contributed by atoms with E-state index in [9.17, 15) is 4.39 Å². The molecule has 3 nitrogen and oxygen atoms in total. The van der Waals surface area contributed by atoms with E-state index in [2.05, 4.69) is 0 Å². The molecule has 2 aromatic rings. The molecule has 0 saturated heterocycles. The molecule has 2 rings (SSSR count). The van der Waals surface area contributed by atoms with Gasteiger partial charge in [-0.05, 0) is 24.6 Å². The lowest BCUT2D eigenvalue weighted by molar-refractivity contribution is 0.381. The third kappa shape index (κ3) is 2.03. The highest BCUT2D eigenvalue weighted by molar-refractivity contribution is 5.37. The lowest BCUT2D eigenvalue weighted by atomic mass is 10.0. The van der Waals surface area contributed by atoms with Gasteiger partial charge < -0.3 is 14.9 Å². The van der Waals surface area contributed by atoms with E-state index in [-0.39, 0.29) is 5.75 Å². The first-order chi connectivity index (χ1) is 8.15. The predicted molar refractivity (Wildman–Crippen MR) is 62.4 cm³/mol. The first-order valence-corrected chi connectivity index (χ1v) is 5.27. The van der Waals surface area contributed by atoms with Gasteiger partial charge in [0.1, 0.15) is 5.76 Å². The van der Waals surface area contributed by atoms with Crippen LogP contribution in [0.5, 0.6) is 5.75 Å². The number of ether oxygens (including phenoxy) is 1. The summed E-state index contributed by atoms with van der Waals surface area (Å²) < 4.78 is 24.2. The molecule has 1 heterocycles. The number of furan rings is 1. The molecular weight excluding hydrogens is 221 g/mol. The summed E-state index contributed by atoms with van der Waals surface area (Å²) in [5, 5.41) is 0. The van der Waals surface area contributed by atoms with Crippen LogP contribution in [0.2, 0.25) is 0 Å². The van der Waals surface area contributed by atoms with Gasteiger partial charge in [-0.3, -0.25) is 0 Å². The highest BCUT2D eigenvalue weighted by Gasteiger charge is 2.20. The molecule has 0 fully saturated rings. The number of hydrogen-bond donors (Lipinski definition) is 1. The molecule has 0 spiro atoms. The number of rotatable bonds is 3. The average molecular weight is 235 g/mol. The molecule has 4 heteroatoms. The smallest absolute Gasteiger partial charge is 0.170 e. The summed E-state index contributed by atoms with van der Waals surface area (Å²) in [6.07, 6.45) is 1.54. The van der Waals surface area contributed by atoms with E-state index in [1.807, 2.05) is 6.92 Å². The zero-order chi connectivity index (χ0) is 12.4. The molecule has 1 atom stereocenters. The third-order valence-corrected chi connectivity index (χ3v) is 2.73. The van der Waals surface area contributed by atoms with Gasteiger partial charge in [-0.15, -0.1) is 0 Å². The lowest BCUT2D eigenvalue weighted by Gasteiger charge is -2.13. The van der Waals surface area contributed by atoms with Gasteiger partial charge in [0.05, 0.1) is 19.4 Å². The Balaban J connectivity index is 2.44. The van der Waals surface area contributed by atoms with Crippen LogP contribution in [-0.4, -0.2) is 7.11 Å². The summed E-state index contributed by atoms with van der Waals surface area (Å²) >= 11 is 0. The van der Waals surface area contributed by atoms with E-state index in [4.69, 9.17) is 14.9 Å². The van der Waals surface area contributed by atoms with E-state index >= 15 is 0 Å². The molecule has 0 saturated carbocycles. The van der Waals surface area contributed by atoms with Crippen molar-refractivity contribution in [2.45, 2.75) is 13.0 Å². The fourth-order valence-electron chi connectivity index (χ4n) is 1.77. The Labute approximate surface area is 99.0 Å². The van der Waals surface area contributed by atoms with Gasteiger partial charge in [0.25, 0.3) is 0 Å². The van der Waals surface area contributed by atoms with E-state index in [0.29, 0.717) is 11.3 Å². The molecule has 90 valence electrons. The molecule has 0 aliphatic heterocycles. The fourth-order valence-corrected chi connectivity index (χ4v) is 1.77. The van der Waals surface area contributed by atoms with Crippen molar-refractivity contribution in [3.63, 3.8) is 0 Å². The van der Waals surface area contributed by atoms with Crippen LogP contribution in [0.3, 0.4) is 0 Å². The van der Waals surface area contributed by atoms with Crippen LogP contribution < -0.4 is 10.5 Å². The summed E-state index contributed by atoms with van der Waals surface area (Å²) in [4.78, 5) is 0. The van der Waals surface area contributed by atoms with Crippen LogP contribution in [0.15, 0.2) is 34.9 Å². The Kier molecular flexibility index (Phi) is 3.15. The van der Waals surface area contributed by atoms with E-state index in [1.165, 1.54) is 7.11 Å². The molecule has 0 radical (unpaired) electrons. The third-order valence-electron chi connectivity index (χ3n) is 2.73. The minimum Gasteiger partial charge on any atom is -0.494 e. The van der Waals surface area contributed by atoms with E-state index < -0.39 is 11.9 Å². The first kappa shape index (κ1) is 11.7. The second-order valence-electron chi connectivity index (χ2n) is 3.81. The standard InChI is InChI=1S/C13H14FNO2/c1-8-6-7-17-13(8)12(15)9-4-3-5-10(16-2)11(9)14/h3-7,12H,15H2,1-2H3. The monoisotopic (exact) mass is 235 g/mol. The summed E-state index contributed by atoms with van der Waals surface area (Å²) in [5.41, 5.74) is 7.26. The van der Waals surface area contributed by atoms with Gasteiger partial charge in [0.15, 0.2) is 11.6 Å². The highest BCUT2D eigenvalue weighted by atomic mass is 19.1.